The van der Waals surface area contributed by atoms with E-state index in [0.29, 0.717) is 12.0 Å². The van der Waals surface area contributed by atoms with E-state index in [-0.39, 0.29) is 0 Å². The molecule has 0 heterocycles. The van der Waals surface area contributed by atoms with Crippen molar-refractivity contribution in [1.82, 2.24) is 4.90 Å². The molecule has 0 N–H and O–H groups in total. The van der Waals surface area contributed by atoms with Crippen LogP contribution in [0.25, 0.3) is 0 Å². The third-order valence-corrected chi connectivity index (χ3v) is 3.70. The zero-order chi connectivity index (χ0) is 13.4. The minimum atomic E-state index is 0.480. The molecule has 3 heteroatoms. The average Bonchev–Trinajstić information content (AvgIpc) is 2.39. The Balaban J connectivity index is 2.65. The molecule has 1 atom stereocenters. The minimum Gasteiger partial charge on any atom is -0.383 e. The number of ether oxygens (including phenoxy) is 1. The van der Waals surface area contributed by atoms with Gasteiger partial charge in [0, 0.05) is 32.2 Å². The van der Waals surface area contributed by atoms with Gasteiger partial charge < -0.3 is 4.74 Å². The van der Waals surface area contributed by atoms with Crippen molar-refractivity contribution >= 4 is 12.6 Å². The molecule has 1 unspecified atom stereocenters. The smallest absolute Gasteiger partial charge is 0.0589 e. The van der Waals surface area contributed by atoms with Crippen molar-refractivity contribution in [3.8, 4) is 0 Å². The van der Waals surface area contributed by atoms with Gasteiger partial charge in [-0.05, 0) is 25.2 Å². The van der Waals surface area contributed by atoms with Gasteiger partial charge in [0.15, 0.2) is 0 Å². The van der Waals surface area contributed by atoms with Crippen LogP contribution < -0.4 is 0 Å². The third-order valence-electron chi connectivity index (χ3n) is 3.26. The molecule has 0 saturated carbocycles. The highest BCUT2D eigenvalue weighted by Crippen LogP contribution is 2.19. The van der Waals surface area contributed by atoms with Crippen molar-refractivity contribution in [1.29, 1.82) is 0 Å². The van der Waals surface area contributed by atoms with E-state index in [1.54, 1.807) is 7.11 Å². The molecule has 1 aromatic carbocycles. The summed E-state index contributed by atoms with van der Waals surface area (Å²) < 4.78 is 5.18. The predicted octanol–water partition coefficient (Wildman–Crippen LogP) is 3.06. The Morgan fingerprint density at radius 2 is 1.89 bits per heavy atom. The fourth-order valence-corrected chi connectivity index (χ4v) is 2.37. The topological polar surface area (TPSA) is 12.5 Å². The maximum Gasteiger partial charge on any atom is 0.0589 e. The highest BCUT2D eigenvalue weighted by atomic mass is 32.1. The van der Waals surface area contributed by atoms with Crippen LogP contribution in [-0.2, 0) is 4.74 Å². The summed E-state index contributed by atoms with van der Waals surface area (Å²) in [4.78, 5) is 2.46. The Labute approximate surface area is 117 Å². The Morgan fingerprint density at radius 1 is 1.22 bits per heavy atom. The van der Waals surface area contributed by atoms with Crippen molar-refractivity contribution in [2.24, 2.45) is 0 Å². The average molecular weight is 267 g/mol. The summed E-state index contributed by atoms with van der Waals surface area (Å²) >= 11 is 4.50. The molecule has 2 nitrogen and oxygen atoms in total. The summed E-state index contributed by atoms with van der Waals surface area (Å²) in [6, 6.07) is 11.2. The summed E-state index contributed by atoms with van der Waals surface area (Å²) in [5.74, 6) is 1.36. The molecule has 0 aliphatic carbocycles. The SMILES string of the molecule is COCCN(CC(CS)c1ccccc1)C(C)C. The number of rotatable bonds is 8. The number of benzene rings is 1. The van der Waals surface area contributed by atoms with Gasteiger partial charge in [-0.1, -0.05) is 30.3 Å². The van der Waals surface area contributed by atoms with Gasteiger partial charge in [-0.25, -0.2) is 0 Å². The summed E-state index contributed by atoms with van der Waals surface area (Å²) in [5, 5.41) is 0. The van der Waals surface area contributed by atoms with Crippen LogP contribution in [0.5, 0.6) is 0 Å². The first-order chi connectivity index (χ1) is 8.69. The first-order valence-electron chi connectivity index (χ1n) is 6.57. The zero-order valence-electron chi connectivity index (χ0n) is 11.7. The van der Waals surface area contributed by atoms with E-state index >= 15 is 0 Å². The van der Waals surface area contributed by atoms with Crippen LogP contribution in [0.2, 0.25) is 0 Å². The van der Waals surface area contributed by atoms with Gasteiger partial charge in [-0.2, -0.15) is 12.6 Å². The van der Waals surface area contributed by atoms with Crippen molar-refractivity contribution in [3.05, 3.63) is 35.9 Å². The van der Waals surface area contributed by atoms with Gasteiger partial charge in [0.1, 0.15) is 0 Å². The van der Waals surface area contributed by atoms with Gasteiger partial charge in [0.2, 0.25) is 0 Å². The molecule has 1 aromatic rings. The van der Waals surface area contributed by atoms with E-state index in [1.807, 2.05) is 0 Å². The van der Waals surface area contributed by atoms with E-state index in [4.69, 9.17) is 4.74 Å². The first kappa shape index (κ1) is 15.5. The fourth-order valence-electron chi connectivity index (χ4n) is 2.05. The number of hydrogen-bond acceptors (Lipinski definition) is 3. The van der Waals surface area contributed by atoms with E-state index in [9.17, 15) is 0 Å². The van der Waals surface area contributed by atoms with Gasteiger partial charge in [0.25, 0.3) is 0 Å². The number of methoxy groups -OCH3 is 1. The maximum absolute atomic E-state index is 5.18. The van der Waals surface area contributed by atoms with Gasteiger partial charge in [-0.3, -0.25) is 4.90 Å². The van der Waals surface area contributed by atoms with Crippen LogP contribution in [0.15, 0.2) is 30.3 Å². The lowest BCUT2D eigenvalue weighted by molar-refractivity contribution is 0.126. The van der Waals surface area contributed by atoms with Crippen molar-refractivity contribution in [2.45, 2.75) is 25.8 Å². The molecule has 0 radical (unpaired) electrons. The number of thiol groups is 1. The van der Waals surface area contributed by atoms with Crippen molar-refractivity contribution in [2.75, 3.05) is 32.6 Å². The first-order valence-corrected chi connectivity index (χ1v) is 7.21. The van der Waals surface area contributed by atoms with E-state index < -0.39 is 0 Å². The lowest BCUT2D eigenvalue weighted by Crippen LogP contribution is -2.37. The fraction of sp³-hybridized carbons (Fsp3) is 0.600. The van der Waals surface area contributed by atoms with Crippen LogP contribution in [0.3, 0.4) is 0 Å². The largest absolute Gasteiger partial charge is 0.383 e. The Morgan fingerprint density at radius 3 is 2.39 bits per heavy atom. The third kappa shape index (κ3) is 5.01. The lowest BCUT2D eigenvalue weighted by Gasteiger charge is -2.30. The van der Waals surface area contributed by atoms with E-state index in [1.165, 1.54) is 5.56 Å². The second-order valence-electron chi connectivity index (χ2n) is 4.87. The molecule has 0 aliphatic heterocycles. The number of hydrogen-bond donors (Lipinski definition) is 1. The van der Waals surface area contributed by atoms with Gasteiger partial charge in [-0.15, -0.1) is 0 Å². The standard InChI is InChI=1S/C15H25NOS/c1-13(2)16(9-10-17-3)11-15(12-18)14-7-5-4-6-8-14/h4-8,13,15,18H,9-12H2,1-3H3. The normalized spacial score (nSPS) is 13.2. The molecular formula is C15H25NOS. The number of nitrogens with zero attached hydrogens (tertiary/aromatic N) is 1. The molecule has 1 rings (SSSR count). The molecule has 0 aliphatic rings. The van der Waals surface area contributed by atoms with Crippen LogP contribution in [0, 0.1) is 0 Å². The van der Waals surface area contributed by atoms with E-state index in [2.05, 4.69) is 61.7 Å². The maximum atomic E-state index is 5.18. The Kier molecular flexibility index (Phi) is 7.40. The molecule has 0 bridgehead atoms. The molecule has 102 valence electrons. The minimum absolute atomic E-state index is 0.480. The molecule has 0 saturated heterocycles. The molecular weight excluding hydrogens is 242 g/mol. The molecule has 18 heavy (non-hydrogen) atoms. The van der Waals surface area contributed by atoms with Crippen molar-refractivity contribution < 1.29 is 4.74 Å². The summed E-state index contributed by atoms with van der Waals surface area (Å²) in [6.45, 7) is 7.26. The molecule has 0 aromatic heterocycles. The molecule has 0 fully saturated rings. The van der Waals surface area contributed by atoms with Crippen LogP contribution in [0.1, 0.15) is 25.3 Å². The highest BCUT2D eigenvalue weighted by Gasteiger charge is 2.16. The Hall–Kier alpha value is -0.510. The summed E-state index contributed by atoms with van der Waals surface area (Å²) in [7, 11) is 1.76. The van der Waals surface area contributed by atoms with Gasteiger partial charge in [0.05, 0.1) is 6.61 Å². The summed E-state index contributed by atoms with van der Waals surface area (Å²) in [6.07, 6.45) is 0. The van der Waals surface area contributed by atoms with Crippen LogP contribution >= 0.6 is 12.6 Å². The predicted molar refractivity (Wildman–Crippen MR) is 81.6 cm³/mol. The highest BCUT2D eigenvalue weighted by molar-refractivity contribution is 7.80. The molecule has 0 amide bonds. The Bertz CT molecular complexity index is 316. The summed E-state index contributed by atoms with van der Waals surface area (Å²) in [5.41, 5.74) is 1.37. The lowest BCUT2D eigenvalue weighted by atomic mass is 10.00. The second-order valence-corrected chi connectivity index (χ2v) is 5.24. The van der Waals surface area contributed by atoms with Crippen molar-refractivity contribution in [3.63, 3.8) is 0 Å². The van der Waals surface area contributed by atoms with Crippen LogP contribution in [0.4, 0.5) is 0 Å². The monoisotopic (exact) mass is 267 g/mol. The molecule has 0 spiro atoms. The van der Waals surface area contributed by atoms with E-state index in [0.717, 1.165) is 25.4 Å². The quantitative estimate of drug-likeness (QED) is 0.727. The zero-order valence-corrected chi connectivity index (χ0v) is 12.6. The van der Waals surface area contributed by atoms with Gasteiger partial charge >= 0.3 is 0 Å². The second kappa shape index (κ2) is 8.57. The van der Waals surface area contributed by atoms with Crippen LogP contribution in [-0.4, -0.2) is 43.5 Å².